The molecule has 51 heavy (non-hydrogen) atoms. The number of hydrogen-bond acceptors (Lipinski definition) is 24. The van der Waals surface area contributed by atoms with Gasteiger partial charge in [-0.3, -0.25) is 0 Å². The Labute approximate surface area is 290 Å². The van der Waals surface area contributed by atoms with Crippen molar-refractivity contribution >= 4 is 0 Å². The first-order valence-corrected chi connectivity index (χ1v) is 15.7. The second-order valence-corrected chi connectivity index (χ2v) is 12.0. The van der Waals surface area contributed by atoms with E-state index >= 15 is 0 Å². The van der Waals surface area contributed by atoms with Gasteiger partial charge >= 0.3 is 0 Å². The van der Waals surface area contributed by atoms with Crippen molar-refractivity contribution in [1.82, 2.24) is 0 Å². The Hall–Kier alpha value is -0.960. The molecular weight excluding hydrogens is 708 g/mol. The highest BCUT2D eigenvalue weighted by atomic mass is 16.7. The Kier molecular flexibility index (Phi) is 21.7. The van der Waals surface area contributed by atoms with Crippen molar-refractivity contribution in [2.45, 2.75) is 123 Å². The molecule has 4 fully saturated rings. The van der Waals surface area contributed by atoms with Crippen LogP contribution in [0.15, 0.2) is 0 Å². The predicted octanol–water partition coefficient (Wildman–Crippen LogP) is -12.2. The number of aliphatic hydroxyl groups excluding tert-OH is 20. The van der Waals surface area contributed by atoms with Crippen molar-refractivity contribution in [3.8, 4) is 0 Å². The first-order chi connectivity index (χ1) is 23.8. The molecule has 0 aromatic rings. The summed E-state index contributed by atoms with van der Waals surface area (Å²) in [5.41, 5.74) is 0. The van der Waals surface area contributed by atoms with Gasteiger partial charge in [0.05, 0.1) is 45.2 Å². The van der Waals surface area contributed by atoms with E-state index in [1.54, 1.807) is 0 Å². The molecule has 24 heteroatoms. The van der Waals surface area contributed by atoms with Gasteiger partial charge in [-0.25, -0.2) is 0 Å². The topological polar surface area (TPSA) is 442 Å². The van der Waals surface area contributed by atoms with E-state index in [4.69, 9.17) is 86.4 Å². The number of hydrogen-bond donors (Lipinski definition) is 20. The van der Waals surface area contributed by atoms with Gasteiger partial charge in [0.1, 0.15) is 85.5 Å². The molecule has 0 aromatic heterocycles. The lowest BCUT2D eigenvalue weighted by Crippen LogP contribution is -2.58. The van der Waals surface area contributed by atoms with Gasteiger partial charge in [-0.05, 0) is 6.42 Å². The number of rotatable bonds is 4. The fourth-order valence-corrected chi connectivity index (χ4v) is 4.82. The summed E-state index contributed by atoms with van der Waals surface area (Å²) in [5.74, 6) is -0.653. The SMILES string of the molecule is OCC1COCCC(O)C(O)C(O)C1O.OCC1O[C@H](O)C(O)[C@@H](O)[C@@H]1O.OCC1O[C@H](O)C(O)[C@H](O)[C@@H]1O.OC[C@H]1O[C@H](O)[C@H](O)[C@@H](O)[C@@H]1O. The maximum atomic E-state index is 9.59. The lowest BCUT2D eigenvalue weighted by Gasteiger charge is -2.37. The van der Waals surface area contributed by atoms with E-state index in [1.165, 1.54) is 0 Å². The van der Waals surface area contributed by atoms with Crippen LogP contribution in [0, 0.1) is 5.92 Å². The van der Waals surface area contributed by atoms with Gasteiger partial charge in [-0.15, -0.1) is 0 Å². The number of ether oxygens (including phenoxy) is 4. The van der Waals surface area contributed by atoms with Gasteiger partial charge in [0.15, 0.2) is 18.9 Å². The van der Waals surface area contributed by atoms with E-state index < -0.39 is 142 Å². The smallest absolute Gasteiger partial charge is 0.184 e. The molecule has 20 atom stereocenters. The second kappa shape index (κ2) is 23.1. The molecule has 4 aliphatic heterocycles. The molecule has 4 heterocycles. The van der Waals surface area contributed by atoms with Crippen molar-refractivity contribution < 1.29 is 121 Å². The third kappa shape index (κ3) is 13.4. The van der Waals surface area contributed by atoms with Crippen LogP contribution in [0.3, 0.4) is 0 Å². The maximum Gasteiger partial charge on any atom is 0.184 e. The van der Waals surface area contributed by atoms with Crippen LogP contribution in [0.2, 0.25) is 0 Å². The Morgan fingerprint density at radius 2 is 0.667 bits per heavy atom. The maximum absolute atomic E-state index is 9.59. The van der Waals surface area contributed by atoms with E-state index in [0.717, 1.165) is 0 Å². The number of aliphatic hydroxyl groups is 20. The molecule has 4 aliphatic rings. The minimum atomic E-state index is -1.57. The van der Waals surface area contributed by atoms with Crippen LogP contribution in [-0.4, -0.2) is 258 Å². The fraction of sp³-hybridized carbons (Fsp3) is 1.00. The van der Waals surface area contributed by atoms with Crippen LogP contribution in [0.25, 0.3) is 0 Å². The third-order valence-electron chi connectivity index (χ3n) is 8.30. The molecule has 0 spiro atoms. The molecule has 306 valence electrons. The Morgan fingerprint density at radius 1 is 0.353 bits per heavy atom. The molecule has 0 aliphatic carbocycles. The molecule has 4 saturated heterocycles. The second-order valence-electron chi connectivity index (χ2n) is 12.0. The highest BCUT2D eigenvalue weighted by Gasteiger charge is 2.44. The summed E-state index contributed by atoms with van der Waals surface area (Å²) in [4.78, 5) is 0. The molecule has 0 aromatic carbocycles. The summed E-state index contributed by atoms with van der Waals surface area (Å²) in [6.07, 6.45) is -26.3. The van der Waals surface area contributed by atoms with Crippen LogP contribution in [0.5, 0.6) is 0 Å². The lowest BCUT2D eigenvalue weighted by molar-refractivity contribution is -0.286. The Morgan fingerprint density at radius 3 is 0.961 bits per heavy atom. The van der Waals surface area contributed by atoms with E-state index in [2.05, 4.69) is 14.2 Å². The van der Waals surface area contributed by atoms with Crippen molar-refractivity contribution in [2.75, 3.05) is 39.6 Å². The minimum Gasteiger partial charge on any atom is -0.396 e. The van der Waals surface area contributed by atoms with Crippen molar-refractivity contribution in [2.24, 2.45) is 5.92 Å². The molecule has 4 rings (SSSR count). The van der Waals surface area contributed by atoms with Gasteiger partial charge < -0.3 is 121 Å². The quantitative estimate of drug-likeness (QED) is 0.126. The highest BCUT2D eigenvalue weighted by Crippen LogP contribution is 2.21. The molecule has 0 radical (unpaired) electrons. The predicted molar refractivity (Wildman–Crippen MR) is 158 cm³/mol. The highest BCUT2D eigenvalue weighted by molar-refractivity contribution is 4.90. The standard InChI is InChI=1S/C9H18O6.3C6H12O6/c10-3-5-4-15-2-1-6(11)8(13)9(14)7(5)12;3*7-1-2-3(8)4(9)5(10)6(11)12-2/h5-14H,1-4H2;3*2-11H,1H2/t;2?,3-,4+,5?,6+;2?,3-,4-,5?,6+;2-,3-,4+,5-,6+/m.111/s1. The van der Waals surface area contributed by atoms with Crippen LogP contribution in [-0.2, 0) is 18.9 Å². The monoisotopic (exact) mass is 762 g/mol. The van der Waals surface area contributed by atoms with E-state index in [1.807, 2.05) is 0 Å². The van der Waals surface area contributed by atoms with Gasteiger partial charge in [0.25, 0.3) is 0 Å². The normalized spacial score (nSPS) is 47.8. The summed E-state index contributed by atoms with van der Waals surface area (Å²) in [6.45, 7) is -1.62. The fourth-order valence-electron chi connectivity index (χ4n) is 4.82. The van der Waals surface area contributed by atoms with Gasteiger partial charge in [0.2, 0.25) is 0 Å². The van der Waals surface area contributed by atoms with Crippen LogP contribution < -0.4 is 0 Å². The van der Waals surface area contributed by atoms with E-state index in [9.17, 15) is 20.4 Å². The van der Waals surface area contributed by atoms with Crippen molar-refractivity contribution in [3.05, 3.63) is 0 Å². The summed E-state index contributed by atoms with van der Waals surface area (Å²) in [5, 5.41) is 181. The van der Waals surface area contributed by atoms with Crippen molar-refractivity contribution in [3.63, 3.8) is 0 Å². The molecule has 0 bridgehead atoms. The van der Waals surface area contributed by atoms with Crippen LogP contribution in [0.4, 0.5) is 0 Å². The van der Waals surface area contributed by atoms with Gasteiger partial charge in [-0.1, -0.05) is 0 Å². The first-order valence-electron chi connectivity index (χ1n) is 15.7. The zero-order valence-corrected chi connectivity index (χ0v) is 27.1. The van der Waals surface area contributed by atoms with E-state index in [-0.39, 0.29) is 26.2 Å². The average molecular weight is 763 g/mol. The minimum absolute atomic E-state index is 0.0914. The summed E-state index contributed by atoms with van der Waals surface area (Å²) in [7, 11) is 0. The van der Waals surface area contributed by atoms with E-state index in [0.29, 0.717) is 0 Å². The Bertz CT molecular complexity index is 823. The lowest BCUT2D eigenvalue weighted by atomic mass is 9.93. The van der Waals surface area contributed by atoms with Gasteiger partial charge in [0, 0.05) is 12.5 Å². The van der Waals surface area contributed by atoms with Crippen LogP contribution >= 0.6 is 0 Å². The first kappa shape index (κ1) is 48.1. The zero-order chi connectivity index (χ0) is 39.3. The molecule has 0 saturated carbocycles. The largest absolute Gasteiger partial charge is 0.396 e. The zero-order valence-electron chi connectivity index (χ0n) is 27.1. The molecule has 24 nitrogen and oxygen atoms in total. The Balaban J connectivity index is 0.000000342. The summed E-state index contributed by atoms with van der Waals surface area (Å²) < 4.78 is 18.8. The molecule has 9 unspecified atom stereocenters. The third-order valence-corrected chi connectivity index (χ3v) is 8.30. The molecule has 20 N–H and O–H groups in total. The molecular formula is C27H54O24. The summed E-state index contributed by atoms with van der Waals surface area (Å²) >= 11 is 0. The molecule has 0 amide bonds. The average Bonchev–Trinajstić information content (AvgIpc) is 3.16. The van der Waals surface area contributed by atoms with Crippen LogP contribution in [0.1, 0.15) is 6.42 Å². The summed E-state index contributed by atoms with van der Waals surface area (Å²) in [6, 6.07) is 0. The van der Waals surface area contributed by atoms with Gasteiger partial charge in [-0.2, -0.15) is 0 Å². The van der Waals surface area contributed by atoms with Crippen molar-refractivity contribution in [1.29, 1.82) is 0 Å².